The molecular formula is C43H45ClN6O4. The van der Waals surface area contributed by atoms with Gasteiger partial charge >= 0.3 is 0 Å². The molecule has 3 aromatic carbocycles. The number of piperidine rings is 3. The topological polar surface area (TPSA) is 109 Å². The third kappa shape index (κ3) is 6.09. The molecular weight excluding hydrogens is 700 g/mol. The van der Waals surface area contributed by atoms with E-state index in [0.717, 1.165) is 115 Å². The normalized spacial score (nSPS) is 21.3. The Morgan fingerprint density at radius 1 is 0.833 bits per heavy atom. The van der Waals surface area contributed by atoms with E-state index in [0.29, 0.717) is 23.0 Å². The summed E-state index contributed by atoms with van der Waals surface area (Å²) in [5.41, 5.74) is 9.99. The number of imide groups is 2. The molecule has 0 radical (unpaired) electrons. The summed E-state index contributed by atoms with van der Waals surface area (Å²) in [5, 5.41) is 4.09. The Bertz CT molecular complexity index is 2170. The van der Waals surface area contributed by atoms with Gasteiger partial charge in [0, 0.05) is 75.1 Å². The number of halogens is 1. The number of hydrogen-bond acceptors (Lipinski definition) is 7. The molecule has 1 atom stereocenters. The number of allylic oxidation sites excluding steroid dienone is 1. The molecule has 0 spiro atoms. The summed E-state index contributed by atoms with van der Waals surface area (Å²) in [7, 11) is 0. The van der Waals surface area contributed by atoms with Crippen molar-refractivity contribution >= 4 is 63.1 Å². The van der Waals surface area contributed by atoms with Crippen LogP contribution >= 0.6 is 11.6 Å². The Morgan fingerprint density at radius 3 is 2.11 bits per heavy atom. The molecule has 2 N–H and O–H groups in total. The fraction of sp³-hybridized carbons (Fsp3) is 0.395. The van der Waals surface area contributed by atoms with Crippen LogP contribution in [0, 0.1) is 5.92 Å². The van der Waals surface area contributed by atoms with Crippen molar-refractivity contribution in [3.63, 3.8) is 0 Å². The minimum absolute atomic E-state index is 0.114. The number of amides is 4. The number of H-pyrrole nitrogens is 1. The van der Waals surface area contributed by atoms with Crippen LogP contribution in [-0.4, -0.2) is 77.2 Å². The molecule has 11 heteroatoms. The van der Waals surface area contributed by atoms with Gasteiger partial charge in [-0.3, -0.25) is 34.3 Å². The maximum atomic E-state index is 13.3. The Morgan fingerprint density at radius 2 is 1.48 bits per heavy atom. The first-order chi connectivity index (χ1) is 26.1. The third-order valence-electron chi connectivity index (χ3n) is 12.5. The molecule has 4 aromatic rings. The molecule has 10 nitrogen and oxygen atoms in total. The molecule has 3 saturated heterocycles. The van der Waals surface area contributed by atoms with Crippen molar-refractivity contribution in [1.29, 1.82) is 0 Å². The third-order valence-corrected chi connectivity index (χ3v) is 12.8. The van der Waals surface area contributed by atoms with Crippen LogP contribution in [0.4, 0.5) is 11.4 Å². The van der Waals surface area contributed by atoms with Gasteiger partial charge < -0.3 is 14.8 Å². The lowest BCUT2D eigenvalue weighted by Crippen LogP contribution is -2.54. The first-order valence-electron chi connectivity index (χ1n) is 19.3. The van der Waals surface area contributed by atoms with Gasteiger partial charge in [-0.25, -0.2) is 0 Å². The lowest BCUT2D eigenvalue weighted by atomic mass is 9.88. The van der Waals surface area contributed by atoms with E-state index < -0.39 is 23.8 Å². The molecule has 9 rings (SSSR count). The van der Waals surface area contributed by atoms with Gasteiger partial charge in [0.15, 0.2) is 0 Å². The summed E-state index contributed by atoms with van der Waals surface area (Å²) < 4.78 is 0. The van der Waals surface area contributed by atoms with Crippen LogP contribution in [-0.2, 0) is 22.7 Å². The number of hydrogen-bond donors (Lipinski definition) is 2. The SMILES string of the molecule is C=C(C)c1c[nH]c2c(N3CCC(c4ccc(N5CCC(CN6Cc7cc8c(cc7C6)C(=O)N(C6CCC(=O)NC6=O)C8=O)CC5)cc4)CC3)ccc(Cl)c12. The molecule has 1 aromatic heterocycles. The second-order valence-corrected chi connectivity index (χ2v) is 16.3. The first-order valence-corrected chi connectivity index (χ1v) is 19.7. The molecule has 6 heterocycles. The van der Waals surface area contributed by atoms with E-state index in [-0.39, 0.29) is 18.7 Å². The van der Waals surface area contributed by atoms with Gasteiger partial charge in [-0.05, 0) is 110 Å². The highest BCUT2D eigenvalue weighted by Gasteiger charge is 2.45. The van der Waals surface area contributed by atoms with Gasteiger partial charge in [-0.15, -0.1) is 0 Å². The maximum absolute atomic E-state index is 13.3. The number of fused-ring (bicyclic) bond motifs is 3. The number of nitrogens with one attached hydrogen (secondary N) is 2. The van der Waals surface area contributed by atoms with Crippen molar-refractivity contribution in [1.82, 2.24) is 20.1 Å². The smallest absolute Gasteiger partial charge is 0.262 e. The number of rotatable bonds is 7. The number of aromatic nitrogens is 1. The molecule has 5 aliphatic rings. The van der Waals surface area contributed by atoms with E-state index in [1.807, 2.05) is 31.3 Å². The number of anilines is 2. The lowest BCUT2D eigenvalue weighted by Gasteiger charge is -2.36. The molecule has 4 amide bonds. The van der Waals surface area contributed by atoms with Crippen molar-refractivity contribution in [2.24, 2.45) is 5.92 Å². The van der Waals surface area contributed by atoms with E-state index in [1.54, 1.807) is 0 Å². The van der Waals surface area contributed by atoms with Gasteiger partial charge in [-0.2, -0.15) is 0 Å². The summed E-state index contributed by atoms with van der Waals surface area (Å²) in [6.45, 7) is 12.7. The zero-order chi connectivity index (χ0) is 37.2. The van der Waals surface area contributed by atoms with E-state index >= 15 is 0 Å². The van der Waals surface area contributed by atoms with E-state index in [9.17, 15) is 19.2 Å². The number of benzene rings is 3. The van der Waals surface area contributed by atoms with Gasteiger partial charge in [-0.1, -0.05) is 30.3 Å². The number of carbonyl (C=O) groups is 4. The summed E-state index contributed by atoms with van der Waals surface area (Å²) in [4.78, 5) is 62.6. The molecule has 0 saturated carbocycles. The zero-order valence-corrected chi connectivity index (χ0v) is 31.4. The van der Waals surface area contributed by atoms with Gasteiger partial charge in [0.25, 0.3) is 11.8 Å². The standard InChI is InChI=1S/C43H45ClN6O4/c1-25(2)34-21-45-40-36(8-7-35(44)39(34)40)49-17-13-28(14-18-49)27-3-5-31(6-4-27)48-15-11-26(12-16-48)22-47-23-29-19-32-33(20-30(29)24-47)43(54)50(42(32)53)37-9-10-38(51)46-41(37)52/h3-8,19-21,26,28,37,45H,1,9-18,22-24H2,2H3,(H,46,51,52). The Labute approximate surface area is 320 Å². The van der Waals surface area contributed by atoms with Crippen LogP contribution in [0.25, 0.3) is 16.5 Å². The summed E-state index contributed by atoms with van der Waals surface area (Å²) in [6, 6.07) is 16.2. The van der Waals surface area contributed by atoms with Crippen LogP contribution in [0.3, 0.4) is 0 Å². The molecule has 0 aliphatic carbocycles. The number of nitrogens with zero attached hydrogens (tertiary/aromatic N) is 4. The average Bonchev–Trinajstić information content (AvgIpc) is 3.86. The highest BCUT2D eigenvalue weighted by molar-refractivity contribution is 6.36. The van der Waals surface area contributed by atoms with Crippen LogP contribution in [0.2, 0.25) is 5.02 Å². The fourth-order valence-electron chi connectivity index (χ4n) is 9.51. The van der Waals surface area contributed by atoms with Crippen LogP contribution in [0.5, 0.6) is 0 Å². The van der Waals surface area contributed by atoms with Gasteiger partial charge in [0.1, 0.15) is 6.04 Å². The van der Waals surface area contributed by atoms with E-state index in [1.165, 1.54) is 16.9 Å². The summed E-state index contributed by atoms with van der Waals surface area (Å²) in [6.07, 6.45) is 6.76. The first kappa shape index (κ1) is 34.8. The average molecular weight is 745 g/mol. The Hall–Kier alpha value is -4.93. The van der Waals surface area contributed by atoms with Crippen molar-refractivity contribution in [2.75, 3.05) is 42.5 Å². The van der Waals surface area contributed by atoms with Crippen molar-refractivity contribution in [3.05, 3.63) is 99.7 Å². The van der Waals surface area contributed by atoms with Crippen LogP contribution < -0.4 is 15.1 Å². The van der Waals surface area contributed by atoms with Gasteiger partial charge in [0.05, 0.1) is 27.4 Å². The fourth-order valence-corrected chi connectivity index (χ4v) is 9.77. The number of aromatic amines is 1. The molecule has 278 valence electrons. The molecule has 1 unspecified atom stereocenters. The summed E-state index contributed by atoms with van der Waals surface area (Å²) in [5.74, 6) is -0.712. The van der Waals surface area contributed by atoms with Crippen LogP contribution in [0.1, 0.15) is 94.3 Å². The maximum Gasteiger partial charge on any atom is 0.262 e. The molecule has 54 heavy (non-hydrogen) atoms. The van der Waals surface area contributed by atoms with Crippen molar-refractivity contribution < 1.29 is 19.2 Å². The van der Waals surface area contributed by atoms with Crippen molar-refractivity contribution in [2.45, 2.75) is 70.5 Å². The minimum Gasteiger partial charge on any atom is -0.372 e. The predicted octanol–water partition coefficient (Wildman–Crippen LogP) is 6.87. The second kappa shape index (κ2) is 13.7. The van der Waals surface area contributed by atoms with Gasteiger partial charge in [0.2, 0.25) is 11.8 Å². The zero-order valence-electron chi connectivity index (χ0n) is 30.6. The van der Waals surface area contributed by atoms with Crippen molar-refractivity contribution in [3.8, 4) is 0 Å². The summed E-state index contributed by atoms with van der Waals surface area (Å²) >= 11 is 6.62. The molecule has 0 bridgehead atoms. The van der Waals surface area contributed by atoms with E-state index in [2.05, 4.69) is 61.9 Å². The quantitative estimate of drug-likeness (QED) is 0.199. The highest BCUT2D eigenvalue weighted by atomic mass is 35.5. The van der Waals surface area contributed by atoms with E-state index in [4.69, 9.17) is 11.6 Å². The minimum atomic E-state index is -0.941. The Balaban J connectivity index is 0.766. The Kier molecular flexibility index (Phi) is 8.85. The number of carbonyl (C=O) groups excluding carboxylic acids is 4. The predicted molar refractivity (Wildman–Crippen MR) is 211 cm³/mol. The second-order valence-electron chi connectivity index (χ2n) is 15.9. The largest absolute Gasteiger partial charge is 0.372 e. The van der Waals surface area contributed by atoms with Crippen LogP contribution in [0.15, 0.2) is 61.3 Å². The molecule has 3 fully saturated rings. The highest BCUT2D eigenvalue weighted by Crippen LogP contribution is 2.40. The monoisotopic (exact) mass is 744 g/mol. The molecule has 5 aliphatic heterocycles. The lowest BCUT2D eigenvalue weighted by molar-refractivity contribution is -0.136.